The summed E-state index contributed by atoms with van der Waals surface area (Å²) in [5, 5.41) is 14.7. The molecule has 2 atom stereocenters. The normalized spacial score (nSPS) is 15.8. The van der Waals surface area contributed by atoms with Crippen LogP contribution in [0.1, 0.15) is 42.6 Å². The minimum atomic E-state index is -0.951. The number of aromatic nitrogens is 1. The Kier molecular flexibility index (Phi) is 9.26. The van der Waals surface area contributed by atoms with E-state index in [2.05, 4.69) is 10.3 Å². The average molecular weight is 557 g/mol. The molecule has 0 aliphatic carbocycles. The maximum absolute atomic E-state index is 14.0. The highest BCUT2D eigenvalue weighted by Crippen LogP contribution is 2.40. The van der Waals surface area contributed by atoms with Crippen LogP contribution in [0.15, 0.2) is 102 Å². The van der Waals surface area contributed by atoms with Crippen LogP contribution in [0.4, 0.5) is 5.69 Å². The molecule has 2 unspecified atom stereocenters. The summed E-state index contributed by atoms with van der Waals surface area (Å²) in [4.78, 5) is 44.3. The monoisotopic (exact) mass is 556 g/mol. The summed E-state index contributed by atoms with van der Waals surface area (Å²) in [6.45, 7) is 4.40. The van der Waals surface area contributed by atoms with Crippen LogP contribution < -0.4 is 5.32 Å². The second kappa shape index (κ2) is 13.0. The first-order valence-electron chi connectivity index (χ1n) is 13.0. The zero-order valence-corrected chi connectivity index (χ0v) is 23.4. The van der Waals surface area contributed by atoms with E-state index >= 15 is 0 Å². The largest absolute Gasteiger partial charge is 0.466 e. The molecule has 10 nitrogen and oxygen atoms in total. The first-order valence-corrected chi connectivity index (χ1v) is 13.0. The lowest BCUT2D eigenvalue weighted by Gasteiger charge is -2.31. The number of carbonyl (C=O) groups is 2. The second-order valence-electron chi connectivity index (χ2n) is 9.84. The number of benzene rings is 2. The van der Waals surface area contributed by atoms with Crippen molar-refractivity contribution in [1.82, 2.24) is 15.2 Å². The van der Waals surface area contributed by atoms with E-state index in [-0.39, 0.29) is 16.8 Å². The number of hydrogen-bond acceptors (Lipinski definition) is 9. The van der Waals surface area contributed by atoms with Gasteiger partial charge in [-0.05, 0) is 38.1 Å². The fraction of sp³-hybridized carbons (Fsp3) is 0.258. The highest BCUT2D eigenvalue weighted by atomic mass is 16.6. The maximum Gasteiger partial charge on any atom is 0.337 e. The van der Waals surface area contributed by atoms with Crippen molar-refractivity contribution in [2.45, 2.75) is 32.4 Å². The summed E-state index contributed by atoms with van der Waals surface area (Å²) in [5.41, 5.74) is 3.33. The third kappa shape index (κ3) is 6.85. The number of ether oxygens (including phenoxy) is 2. The van der Waals surface area contributed by atoms with Gasteiger partial charge < -0.3 is 14.8 Å². The van der Waals surface area contributed by atoms with Crippen molar-refractivity contribution in [3.8, 4) is 0 Å². The molecule has 3 aromatic rings. The molecule has 2 aromatic carbocycles. The number of likely N-dealkylation sites (N-methyl/N-ethyl adjacent to an activating group) is 1. The molecular formula is C31H32N4O6. The van der Waals surface area contributed by atoms with Gasteiger partial charge in [0.25, 0.3) is 5.69 Å². The number of hydrogen-bond donors (Lipinski definition) is 1. The molecule has 1 N–H and O–H groups in total. The molecule has 0 spiro atoms. The fourth-order valence-electron chi connectivity index (χ4n) is 5.01. The molecule has 0 saturated heterocycles. The first kappa shape index (κ1) is 29.2. The van der Waals surface area contributed by atoms with Crippen LogP contribution in [0.3, 0.4) is 0 Å². The lowest BCUT2D eigenvalue weighted by molar-refractivity contribution is -0.384. The minimum Gasteiger partial charge on any atom is -0.466 e. The molecule has 0 saturated carbocycles. The van der Waals surface area contributed by atoms with E-state index in [1.165, 1.54) is 25.3 Å². The number of non-ortho nitro benzene ring substituents is 1. The molecule has 0 fully saturated rings. The summed E-state index contributed by atoms with van der Waals surface area (Å²) in [6, 6.07) is 19.4. The zero-order valence-electron chi connectivity index (χ0n) is 23.4. The quantitative estimate of drug-likeness (QED) is 0.213. The van der Waals surface area contributed by atoms with Crippen molar-refractivity contribution >= 4 is 17.6 Å². The van der Waals surface area contributed by atoms with Gasteiger partial charge in [0.15, 0.2) is 0 Å². The molecule has 2 heterocycles. The predicted octanol–water partition coefficient (Wildman–Crippen LogP) is 4.81. The van der Waals surface area contributed by atoms with Crippen molar-refractivity contribution in [2.24, 2.45) is 0 Å². The van der Waals surface area contributed by atoms with E-state index in [1.54, 1.807) is 38.4 Å². The van der Waals surface area contributed by atoms with Gasteiger partial charge >= 0.3 is 11.9 Å². The molecule has 212 valence electrons. The Hall–Kier alpha value is -4.83. The van der Waals surface area contributed by atoms with Crippen LogP contribution in [0, 0.1) is 10.1 Å². The lowest BCUT2D eigenvalue weighted by atomic mass is 9.80. The van der Waals surface area contributed by atoms with Gasteiger partial charge in [0.05, 0.1) is 29.1 Å². The maximum atomic E-state index is 14.0. The summed E-state index contributed by atoms with van der Waals surface area (Å²) >= 11 is 0. The number of nitro groups is 1. The molecule has 0 bridgehead atoms. The van der Waals surface area contributed by atoms with Crippen LogP contribution in [-0.2, 0) is 25.6 Å². The van der Waals surface area contributed by atoms with E-state index in [0.29, 0.717) is 35.6 Å². The average Bonchev–Trinajstić information content (AvgIpc) is 2.97. The van der Waals surface area contributed by atoms with Gasteiger partial charge in [-0.3, -0.25) is 20.0 Å². The number of methoxy groups -OCH3 is 1. The molecule has 0 amide bonds. The van der Waals surface area contributed by atoms with Gasteiger partial charge in [0.1, 0.15) is 6.10 Å². The van der Waals surface area contributed by atoms with Gasteiger partial charge in [-0.25, -0.2) is 9.59 Å². The highest BCUT2D eigenvalue weighted by molar-refractivity contribution is 6.00. The number of carbonyl (C=O) groups excluding carboxylic acids is 2. The zero-order chi connectivity index (χ0) is 29.5. The topological polar surface area (TPSA) is 124 Å². The standard InChI is InChI=1S/C31H32N4O6/c1-20-27(30(36)40-4)29(23-12-8-14-25(16-23)35(38)39)28(21(2)33-20)31(37)41-26(24-13-9-15-32-17-24)19-34(3)18-22-10-6-5-7-11-22/h5-17,26,29,33H,18-19H2,1-4H3. The predicted molar refractivity (Wildman–Crippen MR) is 152 cm³/mol. The third-order valence-corrected chi connectivity index (χ3v) is 6.88. The van der Waals surface area contributed by atoms with Crippen molar-refractivity contribution in [2.75, 3.05) is 20.7 Å². The summed E-state index contributed by atoms with van der Waals surface area (Å²) in [7, 11) is 3.18. The van der Waals surface area contributed by atoms with Gasteiger partial charge in [0, 0.05) is 54.6 Å². The Morgan fingerprint density at radius 3 is 2.37 bits per heavy atom. The van der Waals surface area contributed by atoms with Crippen LogP contribution in [0.25, 0.3) is 0 Å². The Balaban J connectivity index is 1.71. The van der Waals surface area contributed by atoms with Crippen LogP contribution >= 0.6 is 0 Å². The Morgan fingerprint density at radius 1 is 1.02 bits per heavy atom. The highest BCUT2D eigenvalue weighted by Gasteiger charge is 2.39. The molecular weight excluding hydrogens is 524 g/mol. The third-order valence-electron chi connectivity index (χ3n) is 6.88. The van der Waals surface area contributed by atoms with Crippen molar-refractivity contribution in [1.29, 1.82) is 0 Å². The lowest BCUT2D eigenvalue weighted by Crippen LogP contribution is -2.34. The van der Waals surface area contributed by atoms with Crippen LogP contribution in [-0.4, -0.2) is 47.4 Å². The Morgan fingerprint density at radius 2 is 1.73 bits per heavy atom. The SMILES string of the molecule is COC(=O)C1=C(C)NC(C)=C(C(=O)OC(CN(C)Cc2ccccc2)c2cccnc2)C1c1cccc([N+](=O)[O-])c1. The van der Waals surface area contributed by atoms with E-state index in [9.17, 15) is 19.7 Å². The van der Waals surface area contributed by atoms with Crippen LogP contribution in [0.5, 0.6) is 0 Å². The molecule has 1 aromatic heterocycles. The van der Waals surface area contributed by atoms with Crippen molar-refractivity contribution in [3.05, 3.63) is 128 Å². The number of esters is 2. The van der Waals surface area contributed by atoms with E-state index in [0.717, 1.165) is 5.56 Å². The van der Waals surface area contributed by atoms with E-state index in [1.807, 2.05) is 48.3 Å². The molecule has 1 aliphatic heterocycles. The number of nitro benzene ring substituents is 1. The molecule has 41 heavy (non-hydrogen) atoms. The number of rotatable bonds is 10. The van der Waals surface area contributed by atoms with Crippen molar-refractivity contribution < 1.29 is 24.0 Å². The van der Waals surface area contributed by atoms with Gasteiger partial charge in [0.2, 0.25) is 0 Å². The molecule has 10 heteroatoms. The van der Waals surface area contributed by atoms with Gasteiger partial charge in [-0.2, -0.15) is 0 Å². The van der Waals surface area contributed by atoms with Crippen LogP contribution in [0.2, 0.25) is 0 Å². The number of pyridine rings is 1. The minimum absolute atomic E-state index is 0.163. The second-order valence-corrected chi connectivity index (χ2v) is 9.84. The summed E-state index contributed by atoms with van der Waals surface area (Å²) < 4.78 is 11.2. The van der Waals surface area contributed by atoms with E-state index in [4.69, 9.17) is 9.47 Å². The van der Waals surface area contributed by atoms with E-state index < -0.39 is 28.9 Å². The number of allylic oxidation sites excluding steroid dienone is 2. The number of nitrogens with one attached hydrogen (secondary N) is 1. The fourth-order valence-corrected chi connectivity index (χ4v) is 5.01. The Labute approximate surface area is 238 Å². The van der Waals surface area contributed by atoms with Gasteiger partial charge in [-0.15, -0.1) is 0 Å². The smallest absolute Gasteiger partial charge is 0.337 e. The number of nitrogens with zero attached hydrogens (tertiary/aromatic N) is 3. The Bertz CT molecular complexity index is 1490. The summed E-state index contributed by atoms with van der Waals surface area (Å²) in [6.07, 6.45) is 2.60. The first-order chi connectivity index (χ1) is 19.7. The molecule has 0 radical (unpaired) electrons. The molecule has 1 aliphatic rings. The molecule has 4 rings (SSSR count). The van der Waals surface area contributed by atoms with Crippen molar-refractivity contribution in [3.63, 3.8) is 0 Å². The number of dihydropyridines is 1. The summed E-state index contributed by atoms with van der Waals surface area (Å²) in [5.74, 6) is -2.27. The van der Waals surface area contributed by atoms with Gasteiger partial charge in [-0.1, -0.05) is 48.5 Å².